The lowest BCUT2D eigenvalue weighted by molar-refractivity contribution is -0.151. The molecule has 0 radical (unpaired) electrons. The Balaban J connectivity index is 1.58. The standard InChI is InChI=1S/C31H29F3N2O5/c1-4-18(3)30(29(39)40)25-24(27(37)36(28(25)38)23-14-6-5-9-17(23)2)26(35-30)19-10-7-12-21(15-19)41-22-13-8-11-20(16-22)31(32,33)34/h5-16,18,24-26,35H,4H2,1-3H3,(H,39,40). The third-order valence-corrected chi connectivity index (χ3v) is 8.31. The van der Waals surface area contributed by atoms with Gasteiger partial charge in [0.1, 0.15) is 17.0 Å². The number of para-hydroxylation sites is 1. The number of benzene rings is 3. The summed E-state index contributed by atoms with van der Waals surface area (Å²) in [6.45, 7) is 5.33. The van der Waals surface area contributed by atoms with Crippen LogP contribution in [0.5, 0.6) is 11.5 Å². The Bertz CT molecular complexity index is 1520. The van der Waals surface area contributed by atoms with Crippen LogP contribution in [0.1, 0.15) is 43.0 Å². The van der Waals surface area contributed by atoms with Crippen LogP contribution >= 0.6 is 0 Å². The highest BCUT2D eigenvalue weighted by atomic mass is 19.4. The molecular weight excluding hydrogens is 537 g/mol. The molecule has 0 spiro atoms. The molecule has 2 aliphatic rings. The van der Waals surface area contributed by atoms with Gasteiger partial charge < -0.3 is 9.84 Å². The summed E-state index contributed by atoms with van der Waals surface area (Å²) in [4.78, 5) is 42.0. The minimum Gasteiger partial charge on any atom is -0.480 e. The van der Waals surface area contributed by atoms with Gasteiger partial charge in [-0.1, -0.05) is 56.7 Å². The first kappa shape index (κ1) is 28.4. The van der Waals surface area contributed by atoms with Crippen LogP contribution in [0.2, 0.25) is 0 Å². The zero-order chi connectivity index (χ0) is 29.7. The van der Waals surface area contributed by atoms with Crippen LogP contribution in [0.15, 0.2) is 72.8 Å². The number of halogens is 3. The summed E-state index contributed by atoms with van der Waals surface area (Å²) in [7, 11) is 0. The summed E-state index contributed by atoms with van der Waals surface area (Å²) < 4.78 is 45.4. The molecule has 2 fully saturated rings. The number of carbonyl (C=O) groups excluding carboxylic acids is 2. The molecule has 0 aromatic heterocycles. The fraction of sp³-hybridized carbons (Fsp3) is 0.323. The Labute approximate surface area is 234 Å². The highest BCUT2D eigenvalue weighted by Gasteiger charge is 2.70. The average Bonchev–Trinajstić information content (AvgIpc) is 3.43. The number of nitrogens with zero attached hydrogens (tertiary/aromatic N) is 1. The minimum absolute atomic E-state index is 0.0356. The van der Waals surface area contributed by atoms with Crippen LogP contribution in [-0.4, -0.2) is 28.4 Å². The molecular formula is C31H29F3N2O5. The van der Waals surface area contributed by atoms with Gasteiger partial charge in [-0.15, -0.1) is 0 Å². The minimum atomic E-state index is -4.54. The molecule has 5 rings (SSSR count). The fourth-order valence-electron chi connectivity index (χ4n) is 6.11. The first-order chi connectivity index (χ1) is 19.4. The Hall–Kier alpha value is -4.18. The van der Waals surface area contributed by atoms with Gasteiger partial charge in [-0.25, -0.2) is 4.90 Å². The Morgan fingerprint density at radius 3 is 2.32 bits per heavy atom. The number of carbonyl (C=O) groups is 3. The number of ether oxygens (including phenoxy) is 1. The van der Waals surface area contributed by atoms with E-state index in [-0.39, 0.29) is 11.5 Å². The molecule has 5 atom stereocenters. The summed E-state index contributed by atoms with van der Waals surface area (Å²) in [5.74, 6) is -4.89. The van der Waals surface area contributed by atoms with Crippen molar-refractivity contribution in [1.29, 1.82) is 0 Å². The van der Waals surface area contributed by atoms with Crippen molar-refractivity contribution in [3.8, 4) is 11.5 Å². The lowest BCUT2D eigenvalue weighted by Gasteiger charge is -2.36. The normalized spacial score (nSPS) is 24.8. The number of hydrogen-bond donors (Lipinski definition) is 2. The number of hydrogen-bond acceptors (Lipinski definition) is 5. The van der Waals surface area contributed by atoms with Crippen molar-refractivity contribution >= 4 is 23.5 Å². The van der Waals surface area contributed by atoms with Gasteiger partial charge in [0.25, 0.3) is 0 Å². The number of aryl methyl sites for hydroxylation is 1. The summed E-state index contributed by atoms with van der Waals surface area (Å²) >= 11 is 0. The number of alkyl halides is 3. The van der Waals surface area contributed by atoms with Crippen molar-refractivity contribution in [1.82, 2.24) is 5.32 Å². The van der Waals surface area contributed by atoms with Crippen molar-refractivity contribution < 1.29 is 37.4 Å². The van der Waals surface area contributed by atoms with E-state index in [1.807, 2.05) is 6.92 Å². The predicted octanol–water partition coefficient (Wildman–Crippen LogP) is 6.13. The van der Waals surface area contributed by atoms with Crippen molar-refractivity contribution in [2.75, 3.05) is 4.90 Å². The molecule has 0 saturated carbocycles. The van der Waals surface area contributed by atoms with Gasteiger partial charge in [-0.05, 0) is 60.4 Å². The summed E-state index contributed by atoms with van der Waals surface area (Å²) in [5.41, 5.74) is -1.02. The van der Waals surface area contributed by atoms with Crippen molar-refractivity contribution in [3.05, 3.63) is 89.5 Å². The maximum absolute atomic E-state index is 14.0. The maximum atomic E-state index is 14.0. The number of imide groups is 1. The Morgan fingerprint density at radius 2 is 1.68 bits per heavy atom. The second kappa shape index (κ2) is 10.3. The zero-order valence-electron chi connectivity index (χ0n) is 22.6. The number of carboxylic acids is 1. The SMILES string of the molecule is CCC(C)C1(C(=O)O)NC(c2cccc(Oc3cccc(C(F)(F)F)c3)c2)C2C(=O)N(c3ccccc3C)C(=O)C21. The number of aliphatic carboxylic acids is 1. The van der Waals surface area contributed by atoms with Gasteiger partial charge in [0.2, 0.25) is 11.8 Å². The van der Waals surface area contributed by atoms with Crippen LogP contribution in [0.25, 0.3) is 0 Å². The highest BCUT2D eigenvalue weighted by Crippen LogP contribution is 2.53. The van der Waals surface area contributed by atoms with E-state index in [9.17, 15) is 32.7 Å². The molecule has 41 heavy (non-hydrogen) atoms. The average molecular weight is 567 g/mol. The number of amides is 2. The lowest BCUT2D eigenvalue weighted by atomic mass is 9.72. The molecule has 2 heterocycles. The molecule has 2 aliphatic heterocycles. The molecule has 5 unspecified atom stereocenters. The second-order valence-corrected chi connectivity index (χ2v) is 10.6. The lowest BCUT2D eigenvalue weighted by Crippen LogP contribution is -2.59. The third-order valence-electron chi connectivity index (χ3n) is 8.31. The largest absolute Gasteiger partial charge is 0.480 e. The summed E-state index contributed by atoms with van der Waals surface area (Å²) in [5, 5.41) is 13.7. The van der Waals surface area contributed by atoms with Crippen LogP contribution < -0.4 is 15.0 Å². The van der Waals surface area contributed by atoms with E-state index in [1.54, 1.807) is 62.4 Å². The van der Waals surface area contributed by atoms with E-state index in [0.717, 1.165) is 17.0 Å². The van der Waals surface area contributed by atoms with E-state index >= 15 is 0 Å². The Kier molecular flexibility index (Phi) is 7.15. The van der Waals surface area contributed by atoms with Gasteiger partial charge in [-0.2, -0.15) is 13.2 Å². The van der Waals surface area contributed by atoms with Crippen LogP contribution in [0.3, 0.4) is 0 Å². The van der Waals surface area contributed by atoms with E-state index < -0.39 is 58.9 Å². The highest BCUT2D eigenvalue weighted by molar-refractivity contribution is 6.24. The van der Waals surface area contributed by atoms with Crippen molar-refractivity contribution in [2.24, 2.45) is 17.8 Å². The Morgan fingerprint density at radius 1 is 1.02 bits per heavy atom. The summed E-state index contributed by atoms with van der Waals surface area (Å²) in [6.07, 6.45) is -4.11. The fourth-order valence-corrected chi connectivity index (χ4v) is 6.11. The van der Waals surface area contributed by atoms with Crippen LogP contribution in [0.4, 0.5) is 18.9 Å². The molecule has 2 saturated heterocycles. The number of carboxylic acid groups (broad SMARTS) is 1. The number of rotatable bonds is 7. The smallest absolute Gasteiger partial charge is 0.416 e. The van der Waals surface area contributed by atoms with Gasteiger partial charge in [0.15, 0.2) is 0 Å². The molecule has 10 heteroatoms. The molecule has 214 valence electrons. The van der Waals surface area contributed by atoms with E-state index in [1.165, 1.54) is 12.1 Å². The molecule has 0 aliphatic carbocycles. The first-order valence-electron chi connectivity index (χ1n) is 13.3. The molecule has 3 aromatic rings. The molecule has 0 bridgehead atoms. The second-order valence-electron chi connectivity index (χ2n) is 10.6. The molecule has 7 nitrogen and oxygen atoms in total. The van der Waals surface area contributed by atoms with Gasteiger partial charge in [0, 0.05) is 6.04 Å². The van der Waals surface area contributed by atoms with Crippen LogP contribution in [-0.2, 0) is 20.6 Å². The van der Waals surface area contributed by atoms with E-state index in [2.05, 4.69) is 5.32 Å². The maximum Gasteiger partial charge on any atom is 0.416 e. The van der Waals surface area contributed by atoms with E-state index in [0.29, 0.717) is 23.2 Å². The number of fused-ring (bicyclic) bond motifs is 1. The van der Waals surface area contributed by atoms with Gasteiger partial charge in [0.05, 0.1) is 23.1 Å². The molecule has 3 aromatic carbocycles. The molecule has 2 amide bonds. The topological polar surface area (TPSA) is 95.9 Å². The van der Waals surface area contributed by atoms with Crippen LogP contribution in [0, 0.1) is 24.7 Å². The van der Waals surface area contributed by atoms with Gasteiger partial charge in [-0.3, -0.25) is 19.7 Å². The first-order valence-corrected chi connectivity index (χ1v) is 13.3. The van der Waals surface area contributed by atoms with Gasteiger partial charge >= 0.3 is 12.1 Å². The van der Waals surface area contributed by atoms with E-state index in [4.69, 9.17) is 4.74 Å². The number of nitrogens with one attached hydrogen (secondary N) is 1. The predicted molar refractivity (Wildman–Crippen MR) is 144 cm³/mol. The number of anilines is 1. The monoisotopic (exact) mass is 566 g/mol. The summed E-state index contributed by atoms with van der Waals surface area (Å²) in [6, 6.07) is 16.9. The van der Waals surface area contributed by atoms with Crippen molar-refractivity contribution in [3.63, 3.8) is 0 Å². The molecule has 2 N–H and O–H groups in total. The zero-order valence-corrected chi connectivity index (χ0v) is 22.6. The van der Waals surface area contributed by atoms with Crippen molar-refractivity contribution in [2.45, 2.75) is 44.9 Å². The third kappa shape index (κ3) is 4.65. The quantitative estimate of drug-likeness (QED) is 0.335.